The Morgan fingerprint density at radius 2 is 2.25 bits per heavy atom. The fourth-order valence-electron chi connectivity index (χ4n) is 4.88. The fourth-order valence-corrected chi connectivity index (χ4v) is 7.35. The number of hydrogen-bond donors (Lipinski definition) is 1. The molecule has 1 aliphatic carbocycles. The Bertz CT molecular complexity index is 671. The number of thiophene rings is 1. The lowest BCUT2D eigenvalue weighted by atomic mass is 9.67. The van der Waals surface area contributed by atoms with Crippen LogP contribution in [0.2, 0.25) is 0 Å². The molecule has 0 aromatic carbocycles. The Hall–Kier alpha value is -0.640. The van der Waals surface area contributed by atoms with Crippen LogP contribution in [0.25, 0.3) is 0 Å². The minimum Gasteiger partial charge on any atom is -0.598 e. The van der Waals surface area contributed by atoms with Gasteiger partial charge in [0.25, 0.3) is 5.91 Å². The molecule has 2 fully saturated rings. The number of methoxy groups -OCH3 is 1. The molecule has 4 unspecified atom stereocenters. The van der Waals surface area contributed by atoms with Crippen molar-refractivity contribution in [3.8, 4) is 0 Å². The Morgan fingerprint density at radius 3 is 2.86 bits per heavy atom. The summed E-state index contributed by atoms with van der Waals surface area (Å²) in [7, 11) is 3.94. The fraction of sp³-hybridized carbons (Fsp3) is 0.750. The third-order valence-corrected chi connectivity index (χ3v) is 9.19. The topological polar surface area (TPSA) is 81.9 Å². The molecule has 3 rings (SSSR count). The van der Waals surface area contributed by atoms with Gasteiger partial charge in [0.15, 0.2) is 0 Å². The van der Waals surface area contributed by atoms with E-state index in [9.17, 15) is 9.35 Å². The van der Waals surface area contributed by atoms with Gasteiger partial charge < -0.3 is 19.9 Å². The first-order valence-corrected chi connectivity index (χ1v) is 12.2. The first-order chi connectivity index (χ1) is 13.4. The zero-order valence-corrected chi connectivity index (χ0v) is 18.8. The van der Waals surface area contributed by atoms with Crippen LogP contribution in [0.5, 0.6) is 0 Å². The number of carbonyl (C=O) groups excluding carboxylic acids is 1. The summed E-state index contributed by atoms with van der Waals surface area (Å²) in [6.07, 6.45) is 4.44. The maximum atomic E-state index is 12.0. The van der Waals surface area contributed by atoms with Crippen LogP contribution in [0.15, 0.2) is 12.1 Å². The Morgan fingerprint density at radius 1 is 1.46 bits per heavy atom. The van der Waals surface area contributed by atoms with Gasteiger partial charge in [0.05, 0.1) is 11.4 Å². The maximum Gasteiger partial charge on any atom is 0.258 e. The number of primary amides is 1. The Labute approximate surface area is 175 Å². The van der Waals surface area contributed by atoms with Crippen molar-refractivity contribution in [2.75, 3.05) is 46.1 Å². The van der Waals surface area contributed by atoms with Gasteiger partial charge in [-0.25, -0.2) is 0 Å². The summed E-state index contributed by atoms with van der Waals surface area (Å²) < 4.78 is 20.3. The van der Waals surface area contributed by atoms with Crippen LogP contribution >= 0.6 is 11.3 Å². The quantitative estimate of drug-likeness (QED) is 0.645. The molecule has 4 atom stereocenters. The molecule has 8 heteroatoms. The Kier molecular flexibility index (Phi) is 7.44. The summed E-state index contributed by atoms with van der Waals surface area (Å²) in [6.45, 7) is 5.85. The summed E-state index contributed by atoms with van der Waals surface area (Å²) in [5.41, 5.74) is 5.11. The molecule has 0 bridgehead atoms. The highest BCUT2D eigenvalue weighted by molar-refractivity contribution is 7.89. The lowest BCUT2D eigenvalue weighted by molar-refractivity contribution is -0.129. The molecular formula is C20H33N3O3S2. The summed E-state index contributed by atoms with van der Waals surface area (Å²) in [5.74, 6) is 1.14. The van der Waals surface area contributed by atoms with E-state index in [2.05, 4.69) is 23.2 Å². The van der Waals surface area contributed by atoms with E-state index in [-0.39, 0.29) is 11.5 Å². The molecule has 158 valence electrons. The van der Waals surface area contributed by atoms with Gasteiger partial charge >= 0.3 is 0 Å². The normalized spacial score (nSPS) is 31.5. The summed E-state index contributed by atoms with van der Waals surface area (Å²) in [5, 5.41) is 0. The number of rotatable bonds is 8. The summed E-state index contributed by atoms with van der Waals surface area (Å²) >= 11 is 0.675. The highest BCUT2D eigenvalue weighted by atomic mass is 32.2. The molecule has 1 aliphatic heterocycles. The predicted octanol–water partition coefficient (Wildman–Crippen LogP) is 2.43. The molecule has 2 heterocycles. The molecule has 1 aromatic heterocycles. The van der Waals surface area contributed by atoms with Gasteiger partial charge in [0.1, 0.15) is 11.4 Å². The number of ether oxygens (including phenoxy) is 1. The third kappa shape index (κ3) is 4.42. The van der Waals surface area contributed by atoms with Crippen molar-refractivity contribution in [1.29, 1.82) is 0 Å². The number of likely N-dealkylation sites (N-methyl/N-ethyl adjacent to an activating group) is 1. The SMILES string of the molecule is COC1(c2ccc(C(N)=O)s2)C(C)CCCC1CN(C)CCN1CCC[S+]1[O-]. The van der Waals surface area contributed by atoms with E-state index in [1.54, 1.807) is 7.11 Å². The minimum absolute atomic E-state index is 0.342. The van der Waals surface area contributed by atoms with E-state index in [1.807, 2.05) is 12.1 Å². The predicted molar refractivity (Wildman–Crippen MR) is 115 cm³/mol. The molecule has 0 radical (unpaired) electrons. The molecule has 1 saturated carbocycles. The smallest absolute Gasteiger partial charge is 0.258 e. The average molecular weight is 428 g/mol. The van der Waals surface area contributed by atoms with E-state index in [4.69, 9.17) is 10.5 Å². The molecule has 1 saturated heterocycles. The van der Waals surface area contributed by atoms with Crippen molar-refractivity contribution in [2.24, 2.45) is 17.6 Å². The van der Waals surface area contributed by atoms with Crippen LogP contribution in [0.3, 0.4) is 0 Å². The van der Waals surface area contributed by atoms with Gasteiger partial charge in [-0.05, 0) is 37.9 Å². The van der Waals surface area contributed by atoms with Gasteiger partial charge in [-0.2, -0.15) is 0 Å². The second kappa shape index (κ2) is 9.45. The molecule has 1 aromatic rings. The van der Waals surface area contributed by atoms with E-state index in [1.165, 1.54) is 17.8 Å². The van der Waals surface area contributed by atoms with Crippen molar-refractivity contribution in [2.45, 2.75) is 38.2 Å². The van der Waals surface area contributed by atoms with E-state index >= 15 is 0 Å². The van der Waals surface area contributed by atoms with Gasteiger partial charge in [-0.1, -0.05) is 13.3 Å². The zero-order chi connectivity index (χ0) is 20.3. The van der Waals surface area contributed by atoms with Crippen molar-refractivity contribution in [3.63, 3.8) is 0 Å². The lowest BCUT2D eigenvalue weighted by Crippen LogP contribution is -2.50. The first kappa shape index (κ1) is 22.1. The maximum absolute atomic E-state index is 12.0. The van der Waals surface area contributed by atoms with Gasteiger partial charge in [0, 0.05) is 55.3 Å². The van der Waals surface area contributed by atoms with Crippen molar-refractivity contribution < 1.29 is 14.1 Å². The van der Waals surface area contributed by atoms with Crippen molar-refractivity contribution in [3.05, 3.63) is 21.9 Å². The molecular weight excluding hydrogens is 394 g/mol. The second-order valence-corrected chi connectivity index (χ2v) is 10.8. The van der Waals surface area contributed by atoms with E-state index < -0.39 is 11.4 Å². The summed E-state index contributed by atoms with van der Waals surface area (Å²) in [6, 6.07) is 3.85. The minimum atomic E-state index is -0.798. The number of amides is 1. The van der Waals surface area contributed by atoms with Crippen molar-refractivity contribution >= 4 is 28.6 Å². The van der Waals surface area contributed by atoms with Gasteiger partial charge in [-0.3, -0.25) is 4.79 Å². The molecule has 1 amide bonds. The molecule has 6 nitrogen and oxygen atoms in total. The highest BCUT2D eigenvalue weighted by Crippen LogP contribution is 2.50. The summed E-state index contributed by atoms with van der Waals surface area (Å²) in [4.78, 5) is 15.7. The van der Waals surface area contributed by atoms with E-state index in [0.717, 1.165) is 56.1 Å². The highest BCUT2D eigenvalue weighted by Gasteiger charge is 2.48. The van der Waals surface area contributed by atoms with Crippen LogP contribution in [-0.2, 0) is 21.7 Å². The monoisotopic (exact) mass is 427 g/mol. The van der Waals surface area contributed by atoms with E-state index in [0.29, 0.717) is 16.7 Å². The largest absolute Gasteiger partial charge is 0.598 e. The van der Waals surface area contributed by atoms with Crippen LogP contribution in [-0.4, -0.2) is 65.8 Å². The second-order valence-electron chi connectivity index (χ2n) is 8.12. The third-order valence-electron chi connectivity index (χ3n) is 6.38. The Balaban J connectivity index is 1.73. The molecule has 0 spiro atoms. The van der Waals surface area contributed by atoms with Crippen LogP contribution < -0.4 is 5.73 Å². The number of carbonyl (C=O) groups is 1. The van der Waals surface area contributed by atoms with Crippen molar-refractivity contribution in [1.82, 2.24) is 9.21 Å². The van der Waals surface area contributed by atoms with Crippen LogP contribution in [0.4, 0.5) is 0 Å². The van der Waals surface area contributed by atoms with Crippen LogP contribution in [0, 0.1) is 11.8 Å². The molecule has 2 aliphatic rings. The number of nitrogens with two attached hydrogens (primary N) is 1. The lowest BCUT2D eigenvalue weighted by Gasteiger charge is -2.48. The van der Waals surface area contributed by atoms with Gasteiger partial charge in [0.2, 0.25) is 0 Å². The molecule has 2 N–H and O–H groups in total. The van der Waals surface area contributed by atoms with Crippen LogP contribution in [0.1, 0.15) is 47.2 Å². The average Bonchev–Trinajstić information content (AvgIpc) is 3.30. The zero-order valence-electron chi connectivity index (χ0n) is 17.2. The standard InChI is InChI=1S/C20H33N3O3S2/c1-15-6-4-7-16(14-22(2)11-12-23-10-5-13-28(23)25)20(15,26-3)18-9-8-17(27-18)19(21)24/h8-9,15-16H,4-7,10-14H2,1-3H3,(H2,21,24). The number of hydrogen-bond acceptors (Lipinski definition) is 6. The first-order valence-electron chi connectivity index (χ1n) is 10.2. The molecule has 28 heavy (non-hydrogen) atoms. The van der Waals surface area contributed by atoms with Gasteiger partial charge in [-0.15, -0.1) is 15.6 Å². The number of nitrogens with zero attached hydrogens (tertiary/aromatic N) is 2.